The van der Waals surface area contributed by atoms with Gasteiger partial charge in [0.2, 0.25) is 0 Å². The molecule has 2 amide bonds. The van der Waals surface area contributed by atoms with Crippen LogP contribution in [0, 0.1) is 0 Å². The lowest BCUT2D eigenvalue weighted by molar-refractivity contribution is 0.117. The number of rotatable bonds is 2. The number of fused-ring (bicyclic) bond motifs is 1. The topological polar surface area (TPSA) is 70.6 Å². The van der Waals surface area contributed by atoms with E-state index in [0.717, 1.165) is 44.1 Å². The first-order chi connectivity index (χ1) is 11.1. The minimum Gasteiger partial charge on any atom is -0.492 e. The van der Waals surface area contributed by atoms with Gasteiger partial charge in [-0.2, -0.15) is 0 Å². The van der Waals surface area contributed by atoms with Gasteiger partial charge in [-0.15, -0.1) is 0 Å². The summed E-state index contributed by atoms with van der Waals surface area (Å²) in [5, 5.41) is 16.2. The molecule has 1 heterocycles. The maximum absolute atomic E-state index is 12.3. The van der Waals surface area contributed by atoms with Crippen LogP contribution in [-0.4, -0.2) is 29.9 Å². The van der Waals surface area contributed by atoms with Crippen molar-refractivity contribution < 1.29 is 14.6 Å². The van der Waals surface area contributed by atoms with Crippen molar-refractivity contribution in [2.45, 2.75) is 56.7 Å². The SMILES string of the molecule is O=C(NC1CCC(O)CC1)NC1CCCOc2c(Cl)cccc21. The fourth-order valence-electron chi connectivity index (χ4n) is 3.32. The van der Waals surface area contributed by atoms with Crippen LogP contribution < -0.4 is 15.4 Å². The van der Waals surface area contributed by atoms with E-state index in [1.807, 2.05) is 12.1 Å². The fraction of sp³-hybridized carbons (Fsp3) is 0.588. The Balaban J connectivity index is 1.63. The van der Waals surface area contributed by atoms with Crippen molar-refractivity contribution >= 4 is 17.6 Å². The summed E-state index contributed by atoms with van der Waals surface area (Å²) in [5.74, 6) is 0.678. The van der Waals surface area contributed by atoms with Gasteiger partial charge in [-0.25, -0.2) is 4.79 Å². The highest BCUT2D eigenvalue weighted by atomic mass is 35.5. The van der Waals surface area contributed by atoms with Crippen molar-refractivity contribution in [1.82, 2.24) is 10.6 Å². The van der Waals surface area contributed by atoms with E-state index in [0.29, 0.717) is 17.4 Å². The molecule has 1 saturated carbocycles. The summed E-state index contributed by atoms with van der Waals surface area (Å²) in [4.78, 5) is 12.3. The summed E-state index contributed by atoms with van der Waals surface area (Å²) in [5.41, 5.74) is 0.934. The molecular weight excluding hydrogens is 316 g/mol. The number of urea groups is 1. The maximum Gasteiger partial charge on any atom is 0.315 e. The van der Waals surface area contributed by atoms with E-state index in [1.165, 1.54) is 0 Å². The third-order valence-corrected chi connectivity index (χ3v) is 4.89. The zero-order valence-electron chi connectivity index (χ0n) is 13.1. The molecule has 0 bridgehead atoms. The number of hydrogen-bond acceptors (Lipinski definition) is 3. The highest BCUT2D eigenvalue weighted by molar-refractivity contribution is 6.32. The van der Waals surface area contributed by atoms with Crippen LogP contribution in [0.1, 0.15) is 50.1 Å². The first-order valence-corrected chi connectivity index (χ1v) is 8.67. The summed E-state index contributed by atoms with van der Waals surface area (Å²) in [6.07, 6.45) is 4.62. The van der Waals surface area contributed by atoms with E-state index in [2.05, 4.69) is 10.6 Å². The van der Waals surface area contributed by atoms with Gasteiger partial charge >= 0.3 is 6.03 Å². The molecule has 1 aromatic rings. The first-order valence-electron chi connectivity index (χ1n) is 8.30. The van der Waals surface area contributed by atoms with Crippen LogP contribution in [0.25, 0.3) is 0 Å². The van der Waals surface area contributed by atoms with Gasteiger partial charge in [0.1, 0.15) is 5.75 Å². The van der Waals surface area contributed by atoms with Crippen LogP contribution in [-0.2, 0) is 0 Å². The fourth-order valence-corrected chi connectivity index (χ4v) is 3.56. The largest absolute Gasteiger partial charge is 0.492 e. The average molecular weight is 339 g/mol. The molecule has 23 heavy (non-hydrogen) atoms. The Bertz CT molecular complexity index is 559. The van der Waals surface area contributed by atoms with E-state index >= 15 is 0 Å². The third kappa shape index (κ3) is 4.09. The molecule has 1 aromatic carbocycles. The highest BCUT2D eigenvalue weighted by Gasteiger charge is 2.25. The van der Waals surface area contributed by atoms with E-state index in [1.54, 1.807) is 6.07 Å². The Kier molecular flexibility index (Phi) is 5.28. The number of aliphatic hydroxyl groups excluding tert-OH is 1. The second-order valence-corrected chi connectivity index (χ2v) is 6.73. The lowest BCUT2D eigenvalue weighted by atomic mass is 9.93. The number of ether oxygens (including phenoxy) is 1. The van der Waals surface area contributed by atoms with Gasteiger partial charge < -0.3 is 20.5 Å². The van der Waals surface area contributed by atoms with E-state index in [9.17, 15) is 9.90 Å². The number of carbonyl (C=O) groups is 1. The number of nitrogens with one attached hydrogen (secondary N) is 2. The van der Waals surface area contributed by atoms with Crippen LogP contribution in [0.5, 0.6) is 5.75 Å². The molecule has 1 aliphatic heterocycles. The lowest BCUT2D eigenvalue weighted by Crippen LogP contribution is -2.45. The highest BCUT2D eigenvalue weighted by Crippen LogP contribution is 2.36. The van der Waals surface area contributed by atoms with Gasteiger partial charge in [-0.05, 0) is 44.6 Å². The third-order valence-electron chi connectivity index (χ3n) is 4.59. The van der Waals surface area contributed by atoms with Gasteiger partial charge in [0, 0.05) is 11.6 Å². The number of para-hydroxylation sites is 1. The predicted molar refractivity (Wildman–Crippen MR) is 88.9 cm³/mol. The zero-order chi connectivity index (χ0) is 16.2. The summed E-state index contributed by atoms with van der Waals surface area (Å²) >= 11 is 6.21. The van der Waals surface area contributed by atoms with Crippen LogP contribution in [0.3, 0.4) is 0 Å². The van der Waals surface area contributed by atoms with Crippen molar-refractivity contribution in [2.24, 2.45) is 0 Å². The van der Waals surface area contributed by atoms with Crippen LogP contribution in [0.4, 0.5) is 4.79 Å². The summed E-state index contributed by atoms with van der Waals surface area (Å²) in [6.45, 7) is 0.608. The molecule has 6 heteroatoms. The Morgan fingerprint density at radius 3 is 2.74 bits per heavy atom. The zero-order valence-corrected chi connectivity index (χ0v) is 13.8. The molecule has 3 rings (SSSR count). The molecule has 0 saturated heterocycles. The second kappa shape index (κ2) is 7.41. The normalized spacial score (nSPS) is 27.3. The van der Waals surface area contributed by atoms with Crippen molar-refractivity contribution in [3.63, 3.8) is 0 Å². The van der Waals surface area contributed by atoms with E-state index in [4.69, 9.17) is 16.3 Å². The molecule has 126 valence electrons. The Morgan fingerprint density at radius 1 is 1.17 bits per heavy atom. The van der Waals surface area contributed by atoms with Crippen LogP contribution in [0.15, 0.2) is 18.2 Å². The summed E-state index contributed by atoms with van der Waals surface area (Å²) in [7, 11) is 0. The standard InChI is InChI=1S/C17H23ClN2O3/c18-14-4-1-3-13-15(5-2-10-23-16(13)14)20-17(22)19-11-6-8-12(21)9-7-11/h1,3-4,11-12,15,21H,2,5-10H2,(H2,19,20,22). The molecule has 1 atom stereocenters. The Labute approximate surface area is 141 Å². The van der Waals surface area contributed by atoms with Gasteiger partial charge in [0.05, 0.1) is 23.8 Å². The van der Waals surface area contributed by atoms with E-state index in [-0.39, 0.29) is 24.2 Å². The Morgan fingerprint density at radius 2 is 1.96 bits per heavy atom. The molecule has 0 spiro atoms. The second-order valence-electron chi connectivity index (χ2n) is 6.32. The quantitative estimate of drug-likeness (QED) is 0.775. The number of halogens is 1. The minimum absolute atomic E-state index is 0.0969. The minimum atomic E-state index is -0.218. The summed E-state index contributed by atoms with van der Waals surface area (Å²) < 4.78 is 5.72. The number of carbonyl (C=O) groups excluding carboxylic acids is 1. The molecular formula is C17H23ClN2O3. The molecule has 1 unspecified atom stereocenters. The van der Waals surface area contributed by atoms with Crippen molar-refractivity contribution in [2.75, 3.05) is 6.61 Å². The van der Waals surface area contributed by atoms with Gasteiger partial charge in [0.15, 0.2) is 0 Å². The molecule has 0 radical (unpaired) electrons. The van der Waals surface area contributed by atoms with Gasteiger partial charge in [-0.1, -0.05) is 23.7 Å². The Hall–Kier alpha value is -1.46. The number of hydrogen-bond donors (Lipinski definition) is 3. The predicted octanol–water partition coefficient (Wildman–Crippen LogP) is 3.16. The van der Waals surface area contributed by atoms with Gasteiger partial charge in [0.25, 0.3) is 0 Å². The maximum atomic E-state index is 12.3. The molecule has 3 N–H and O–H groups in total. The smallest absolute Gasteiger partial charge is 0.315 e. The summed E-state index contributed by atoms with van der Waals surface area (Å²) in [6, 6.07) is 5.51. The molecule has 1 aliphatic carbocycles. The lowest BCUT2D eigenvalue weighted by Gasteiger charge is -2.27. The molecule has 5 nitrogen and oxygen atoms in total. The molecule has 0 aromatic heterocycles. The molecule has 1 fully saturated rings. The van der Waals surface area contributed by atoms with E-state index < -0.39 is 0 Å². The monoisotopic (exact) mass is 338 g/mol. The van der Waals surface area contributed by atoms with Crippen molar-refractivity contribution in [1.29, 1.82) is 0 Å². The first kappa shape index (κ1) is 16.4. The number of aliphatic hydroxyl groups is 1. The van der Waals surface area contributed by atoms with Crippen LogP contribution >= 0.6 is 11.6 Å². The number of amides is 2. The van der Waals surface area contributed by atoms with Gasteiger partial charge in [-0.3, -0.25) is 0 Å². The van der Waals surface area contributed by atoms with Crippen molar-refractivity contribution in [3.8, 4) is 5.75 Å². The van der Waals surface area contributed by atoms with Crippen molar-refractivity contribution in [3.05, 3.63) is 28.8 Å². The molecule has 2 aliphatic rings. The van der Waals surface area contributed by atoms with Crippen LogP contribution in [0.2, 0.25) is 5.02 Å². The number of benzene rings is 1. The average Bonchev–Trinajstić information content (AvgIpc) is 2.73.